The monoisotopic (exact) mass is 254 g/mol. The molecule has 0 nitrogen and oxygen atoms in total. The van der Waals surface area contributed by atoms with Crippen LogP contribution in [0.3, 0.4) is 0 Å². The molecule has 0 aromatic carbocycles. The van der Waals surface area contributed by atoms with Crippen LogP contribution in [0.2, 0.25) is 0 Å². The molecule has 0 aromatic rings. The Morgan fingerprint density at radius 3 is 1.39 bits per heavy atom. The summed E-state index contributed by atoms with van der Waals surface area (Å²) in [4.78, 5) is 0. The maximum Gasteiger partial charge on any atom is -0.0354 e. The third kappa shape index (κ3) is 12.5. The molecular formula is C18H38. The van der Waals surface area contributed by atoms with Gasteiger partial charge in [0.25, 0.3) is 0 Å². The zero-order chi connectivity index (χ0) is 13.7. The molecule has 0 radical (unpaired) electrons. The molecule has 110 valence electrons. The van der Waals surface area contributed by atoms with Crippen LogP contribution in [0.5, 0.6) is 0 Å². The summed E-state index contributed by atoms with van der Waals surface area (Å²) in [6.45, 7) is 9.47. The lowest BCUT2D eigenvalue weighted by Crippen LogP contribution is -2.10. The van der Waals surface area contributed by atoms with Crippen LogP contribution in [0.1, 0.15) is 111 Å². The van der Waals surface area contributed by atoms with Gasteiger partial charge >= 0.3 is 0 Å². The van der Waals surface area contributed by atoms with Crippen LogP contribution < -0.4 is 0 Å². The van der Waals surface area contributed by atoms with Gasteiger partial charge in [-0.1, -0.05) is 98.3 Å². The first kappa shape index (κ1) is 18.0. The molecule has 0 unspecified atom stereocenters. The highest BCUT2D eigenvalue weighted by Crippen LogP contribution is 2.29. The Morgan fingerprint density at radius 2 is 0.944 bits per heavy atom. The van der Waals surface area contributed by atoms with Gasteiger partial charge in [0.1, 0.15) is 0 Å². The molecule has 0 aromatic heterocycles. The molecule has 0 aliphatic rings. The van der Waals surface area contributed by atoms with E-state index >= 15 is 0 Å². The highest BCUT2D eigenvalue weighted by molar-refractivity contribution is 4.67. The summed E-state index contributed by atoms with van der Waals surface area (Å²) in [5.41, 5.74) is 0.592. The minimum absolute atomic E-state index is 0.592. The predicted octanol–water partition coefficient (Wildman–Crippen LogP) is 7.12. The van der Waals surface area contributed by atoms with Gasteiger partial charge in [0, 0.05) is 0 Å². The lowest BCUT2D eigenvalue weighted by molar-refractivity contribution is 0.291. The Labute approximate surface area is 117 Å². The smallest absolute Gasteiger partial charge is 0.0354 e. The van der Waals surface area contributed by atoms with Gasteiger partial charge in [-0.05, 0) is 18.3 Å². The van der Waals surface area contributed by atoms with E-state index in [2.05, 4.69) is 27.7 Å². The molecule has 0 fully saturated rings. The van der Waals surface area contributed by atoms with Crippen molar-refractivity contribution in [2.24, 2.45) is 5.41 Å². The fourth-order valence-corrected chi connectivity index (χ4v) is 2.89. The molecule has 0 saturated carbocycles. The van der Waals surface area contributed by atoms with Gasteiger partial charge in [-0.15, -0.1) is 0 Å². The van der Waals surface area contributed by atoms with E-state index in [-0.39, 0.29) is 0 Å². The van der Waals surface area contributed by atoms with Gasteiger partial charge in [0.05, 0.1) is 0 Å². The third-order valence-electron chi connectivity index (χ3n) is 4.13. The number of hydrogen-bond acceptors (Lipinski definition) is 0. The molecule has 18 heavy (non-hydrogen) atoms. The van der Waals surface area contributed by atoms with Crippen molar-refractivity contribution >= 4 is 0 Å². The summed E-state index contributed by atoms with van der Waals surface area (Å²) in [7, 11) is 0. The van der Waals surface area contributed by atoms with Crippen LogP contribution in [0.15, 0.2) is 0 Å². The fourth-order valence-electron chi connectivity index (χ4n) is 2.89. The van der Waals surface area contributed by atoms with E-state index in [9.17, 15) is 0 Å². The molecule has 0 heterocycles. The maximum atomic E-state index is 2.43. The van der Waals surface area contributed by atoms with Crippen molar-refractivity contribution < 1.29 is 0 Å². The summed E-state index contributed by atoms with van der Waals surface area (Å²) < 4.78 is 0. The Morgan fingerprint density at radius 1 is 0.500 bits per heavy atom. The first-order valence-corrected chi connectivity index (χ1v) is 8.62. The maximum absolute atomic E-state index is 2.43. The Balaban J connectivity index is 3.16. The molecule has 0 heteroatoms. The van der Waals surface area contributed by atoms with Crippen LogP contribution in [-0.2, 0) is 0 Å². The first-order chi connectivity index (χ1) is 8.62. The molecule has 0 atom stereocenters. The molecule has 0 aliphatic heterocycles. The van der Waals surface area contributed by atoms with Crippen LogP contribution in [0.25, 0.3) is 0 Å². The van der Waals surface area contributed by atoms with E-state index in [1.54, 1.807) is 0 Å². The van der Waals surface area contributed by atoms with Gasteiger partial charge in [-0.3, -0.25) is 0 Å². The molecule has 0 aliphatic carbocycles. The Bertz CT molecular complexity index is 157. The van der Waals surface area contributed by atoms with Crippen molar-refractivity contribution in [2.45, 2.75) is 111 Å². The van der Waals surface area contributed by atoms with Crippen LogP contribution in [-0.4, -0.2) is 0 Å². The van der Waals surface area contributed by atoms with Gasteiger partial charge in [-0.2, -0.15) is 0 Å². The second-order valence-electron chi connectivity index (χ2n) is 6.85. The van der Waals surface area contributed by atoms with Gasteiger partial charge in [0.15, 0.2) is 0 Å². The highest BCUT2D eigenvalue weighted by Gasteiger charge is 2.15. The average Bonchev–Trinajstić information content (AvgIpc) is 2.31. The third-order valence-corrected chi connectivity index (χ3v) is 4.13. The van der Waals surface area contributed by atoms with E-state index < -0.39 is 0 Å². The summed E-state index contributed by atoms with van der Waals surface area (Å²) in [5.74, 6) is 0. The fraction of sp³-hybridized carbons (Fsp3) is 1.00. The highest BCUT2D eigenvalue weighted by atomic mass is 14.2. The van der Waals surface area contributed by atoms with Crippen molar-refractivity contribution in [3.63, 3.8) is 0 Å². The van der Waals surface area contributed by atoms with Crippen molar-refractivity contribution in [3.05, 3.63) is 0 Å². The topological polar surface area (TPSA) is 0 Å². The standard InChI is InChI=1S/C18H38/c1-5-7-8-9-10-11-12-13-14-15-17-18(3,4)16-6-2/h5-17H2,1-4H3. The quantitative estimate of drug-likeness (QED) is 0.307. The second-order valence-corrected chi connectivity index (χ2v) is 6.85. The normalized spacial score (nSPS) is 12.0. The Kier molecular flexibility index (Phi) is 12.1. The predicted molar refractivity (Wildman–Crippen MR) is 85.2 cm³/mol. The lowest BCUT2D eigenvalue weighted by Gasteiger charge is -2.23. The molecule has 0 N–H and O–H groups in total. The largest absolute Gasteiger partial charge is 0.0654 e. The SMILES string of the molecule is CCCCCCCCCCCCC(C)(C)CCC. The summed E-state index contributed by atoms with van der Waals surface area (Å²) in [6.07, 6.45) is 18.7. The molecule has 0 bridgehead atoms. The Hall–Kier alpha value is 0. The molecule has 0 amide bonds. The molecular weight excluding hydrogens is 216 g/mol. The summed E-state index contributed by atoms with van der Waals surface area (Å²) >= 11 is 0. The van der Waals surface area contributed by atoms with Crippen LogP contribution in [0, 0.1) is 5.41 Å². The minimum Gasteiger partial charge on any atom is -0.0654 e. The molecule has 0 rings (SSSR count). The minimum atomic E-state index is 0.592. The van der Waals surface area contributed by atoms with Gasteiger partial charge < -0.3 is 0 Å². The van der Waals surface area contributed by atoms with Crippen molar-refractivity contribution in [1.29, 1.82) is 0 Å². The van der Waals surface area contributed by atoms with Gasteiger partial charge in [0.2, 0.25) is 0 Å². The number of hydrogen-bond donors (Lipinski definition) is 0. The van der Waals surface area contributed by atoms with E-state index in [0.29, 0.717) is 5.41 Å². The van der Waals surface area contributed by atoms with E-state index in [1.165, 1.54) is 83.5 Å². The van der Waals surface area contributed by atoms with Crippen LogP contribution >= 0.6 is 0 Å². The first-order valence-electron chi connectivity index (χ1n) is 8.62. The second kappa shape index (κ2) is 12.1. The van der Waals surface area contributed by atoms with E-state index in [0.717, 1.165) is 0 Å². The lowest BCUT2D eigenvalue weighted by atomic mass is 9.83. The average molecular weight is 255 g/mol. The van der Waals surface area contributed by atoms with E-state index in [4.69, 9.17) is 0 Å². The molecule has 0 spiro atoms. The van der Waals surface area contributed by atoms with Crippen molar-refractivity contribution in [1.82, 2.24) is 0 Å². The van der Waals surface area contributed by atoms with Crippen LogP contribution in [0.4, 0.5) is 0 Å². The summed E-state index contributed by atoms with van der Waals surface area (Å²) in [5, 5.41) is 0. The number of unbranched alkanes of at least 4 members (excludes halogenated alkanes) is 9. The summed E-state index contributed by atoms with van der Waals surface area (Å²) in [6, 6.07) is 0. The van der Waals surface area contributed by atoms with E-state index in [1.807, 2.05) is 0 Å². The van der Waals surface area contributed by atoms with Crippen molar-refractivity contribution in [3.8, 4) is 0 Å². The zero-order valence-electron chi connectivity index (χ0n) is 13.7. The van der Waals surface area contributed by atoms with Gasteiger partial charge in [-0.25, -0.2) is 0 Å². The zero-order valence-corrected chi connectivity index (χ0v) is 13.7. The molecule has 0 saturated heterocycles. The van der Waals surface area contributed by atoms with Crippen molar-refractivity contribution in [2.75, 3.05) is 0 Å². The number of rotatable bonds is 13.